The molecule has 0 heterocycles. The first-order valence-electron chi connectivity index (χ1n) is 16.7. The van der Waals surface area contributed by atoms with Crippen molar-refractivity contribution in [2.75, 3.05) is 0 Å². The Hall–Kier alpha value is -5.93. The van der Waals surface area contributed by atoms with Crippen molar-refractivity contribution < 1.29 is 0 Å². The van der Waals surface area contributed by atoms with Crippen LogP contribution in [0.2, 0.25) is 0 Å². The molecule has 0 aliphatic heterocycles. The topological polar surface area (TPSA) is 30.3 Å². The van der Waals surface area contributed by atoms with Gasteiger partial charge < -0.3 is 9.80 Å². The maximum Gasteiger partial charge on any atom is 0.194 e. The molecule has 0 saturated heterocycles. The van der Waals surface area contributed by atoms with Gasteiger partial charge in [-0.1, -0.05) is 170 Å². The van der Waals surface area contributed by atoms with E-state index in [4.69, 9.17) is 0 Å². The van der Waals surface area contributed by atoms with Gasteiger partial charge in [-0.3, -0.25) is 5.41 Å². The minimum Gasteiger partial charge on any atom is -0.334 e. The van der Waals surface area contributed by atoms with E-state index < -0.39 is 0 Å². The summed E-state index contributed by atoms with van der Waals surface area (Å²) in [5.41, 5.74) is 4.86. The number of nitrogens with zero attached hydrogens (tertiary/aromatic N) is 2. The Bertz CT molecular complexity index is 2060. The highest BCUT2D eigenvalue weighted by molar-refractivity contribution is 5.90. The fourth-order valence-electron chi connectivity index (χ4n) is 7.16. The summed E-state index contributed by atoms with van der Waals surface area (Å²) in [7, 11) is 0. The third kappa shape index (κ3) is 5.87. The van der Waals surface area contributed by atoms with E-state index in [1.807, 2.05) is 0 Å². The first kappa shape index (κ1) is 29.5. The predicted octanol–water partition coefficient (Wildman–Crippen LogP) is 10.9. The van der Waals surface area contributed by atoms with E-state index in [-0.39, 0.29) is 0 Å². The van der Waals surface area contributed by atoms with Gasteiger partial charge in [-0.05, 0) is 65.3 Å². The average Bonchev–Trinajstić information content (AvgIpc) is 3.14. The molecule has 0 amide bonds. The Kier molecular flexibility index (Phi) is 8.02. The Morgan fingerprint density at radius 1 is 0.312 bits per heavy atom. The van der Waals surface area contributed by atoms with Crippen molar-refractivity contribution in [1.82, 2.24) is 9.80 Å². The molecule has 3 heteroatoms. The summed E-state index contributed by atoms with van der Waals surface area (Å²) in [6.07, 6.45) is 0. The van der Waals surface area contributed by atoms with Gasteiger partial charge >= 0.3 is 0 Å². The maximum absolute atomic E-state index is 10.1. The molecule has 3 nitrogen and oxygen atoms in total. The lowest BCUT2D eigenvalue weighted by Crippen LogP contribution is -2.42. The third-order valence-electron chi connectivity index (χ3n) is 9.56. The summed E-state index contributed by atoms with van der Waals surface area (Å²) in [6.45, 7) is 2.46. The quantitative estimate of drug-likeness (QED) is 0.135. The van der Waals surface area contributed by atoms with Gasteiger partial charge in [-0.2, -0.15) is 0 Å². The van der Waals surface area contributed by atoms with Gasteiger partial charge in [0.2, 0.25) is 0 Å². The highest BCUT2D eigenvalue weighted by atomic mass is 15.4. The van der Waals surface area contributed by atoms with Gasteiger partial charge in [-0.25, -0.2) is 0 Å². The SMILES string of the molecule is N=C(N(Cc1cccc2ccccc12)Cc1cccc2ccccc12)N(Cc1cccc2ccccc12)Cc1cccc2ccccc12. The fourth-order valence-corrected chi connectivity index (χ4v) is 7.16. The van der Waals surface area contributed by atoms with Crippen LogP contribution in [0.5, 0.6) is 0 Å². The van der Waals surface area contributed by atoms with E-state index in [0.29, 0.717) is 32.1 Å². The largest absolute Gasteiger partial charge is 0.334 e. The molecule has 8 aromatic rings. The summed E-state index contributed by atoms with van der Waals surface area (Å²) >= 11 is 0. The molecule has 0 aliphatic rings. The van der Waals surface area contributed by atoms with Crippen LogP contribution in [0.15, 0.2) is 170 Å². The summed E-state index contributed by atoms with van der Waals surface area (Å²) in [6, 6.07) is 60.4. The minimum atomic E-state index is 0.511. The molecule has 8 aromatic carbocycles. The van der Waals surface area contributed by atoms with Crippen LogP contribution in [0.4, 0.5) is 0 Å². The zero-order chi connectivity index (χ0) is 32.3. The normalized spacial score (nSPS) is 11.3. The summed E-state index contributed by atoms with van der Waals surface area (Å²) in [5, 5.41) is 19.9. The van der Waals surface area contributed by atoms with Gasteiger partial charge in [0.25, 0.3) is 0 Å². The summed E-state index contributed by atoms with van der Waals surface area (Å²) in [5.74, 6) is 0.511. The predicted molar refractivity (Wildman–Crippen MR) is 202 cm³/mol. The van der Waals surface area contributed by atoms with Crippen molar-refractivity contribution in [2.24, 2.45) is 0 Å². The zero-order valence-corrected chi connectivity index (χ0v) is 26.9. The van der Waals surface area contributed by atoms with E-state index in [1.165, 1.54) is 65.3 Å². The summed E-state index contributed by atoms with van der Waals surface area (Å²) in [4.78, 5) is 4.53. The lowest BCUT2D eigenvalue weighted by atomic mass is 10.0. The van der Waals surface area contributed by atoms with Crippen LogP contribution < -0.4 is 0 Å². The number of benzene rings is 8. The molecule has 0 aliphatic carbocycles. The Labute approximate surface area is 281 Å². The Morgan fingerprint density at radius 2 is 0.542 bits per heavy atom. The molecular weight excluding hydrogens is 583 g/mol. The van der Waals surface area contributed by atoms with E-state index in [2.05, 4.69) is 180 Å². The van der Waals surface area contributed by atoms with E-state index in [9.17, 15) is 5.41 Å². The van der Waals surface area contributed by atoms with Gasteiger partial charge in [0, 0.05) is 26.2 Å². The first-order valence-corrected chi connectivity index (χ1v) is 16.7. The van der Waals surface area contributed by atoms with Gasteiger partial charge in [0.1, 0.15) is 0 Å². The molecule has 0 bridgehead atoms. The van der Waals surface area contributed by atoms with Crippen LogP contribution >= 0.6 is 0 Å². The number of nitrogens with one attached hydrogen (secondary N) is 1. The molecular formula is C45H37N3. The van der Waals surface area contributed by atoms with Gasteiger partial charge in [0.05, 0.1) is 0 Å². The second-order valence-corrected chi connectivity index (χ2v) is 12.6. The van der Waals surface area contributed by atoms with Crippen molar-refractivity contribution in [3.05, 3.63) is 192 Å². The van der Waals surface area contributed by atoms with Crippen LogP contribution in [0.25, 0.3) is 43.1 Å². The van der Waals surface area contributed by atoms with E-state index >= 15 is 0 Å². The second kappa shape index (κ2) is 13.1. The molecule has 232 valence electrons. The standard InChI is InChI=1S/C45H37N3/c46-45(47(29-37-21-9-17-33-13-1-5-25-41(33)37)30-38-22-10-18-34-14-2-6-26-42(34)38)48(31-39-23-11-19-35-15-3-7-27-43(35)39)32-40-24-12-20-36-16-4-8-28-44(36)40/h1-28,46H,29-32H2. The number of hydrogen-bond donors (Lipinski definition) is 1. The van der Waals surface area contributed by atoms with Crippen LogP contribution in [0.3, 0.4) is 0 Å². The molecule has 0 saturated carbocycles. The van der Waals surface area contributed by atoms with E-state index in [0.717, 1.165) is 0 Å². The molecule has 0 atom stereocenters. The Balaban J connectivity index is 1.25. The Morgan fingerprint density at radius 3 is 0.812 bits per heavy atom. The van der Waals surface area contributed by atoms with E-state index in [1.54, 1.807) is 0 Å². The second-order valence-electron chi connectivity index (χ2n) is 12.6. The summed E-state index contributed by atoms with van der Waals surface area (Å²) < 4.78 is 0. The molecule has 0 unspecified atom stereocenters. The maximum atomic E-state index is 10.1. The van der Waals surface area contributed by atoms with Crippen LogP contribution in [0.1, 0.15) is 22.3 Å². The number of fused-ring (bicyclic) bond motifs is 4. The number of hydrogen-bond acceptors (Lipinski definition) is 1. The van der Waals surface area contributed by atoms with Crippen molar-refractivity contribution >= 4 is 49.0 Å². The van der Waals surface area contributed by atoms with Crippen LogP contribution in [-0.4, -0.2) is 15.8 Å². The first-order chi connectivity index (χ1) is 23.7. The minimum absolute atomic E-state index is 0.511. The van der Waals surface area contributed by atoms with Crippen molar-refractivity contribution in [1.29, 1.82) is 5.41 Å². The highest BCUT2D eigenvalue weighted by Gasteiger charge is 2.22. The molecule has 0 radical (unpaired) electrons. The smallest absolute Gasteiger partial charge is 0.194 e. The average molecular weight is 620 g/mol. The van der Waals surface area contributed by atoms with Gasteiger partial charge in [-0.15, -0.1) is 0 Å². The molecule has 8 rings (SSSR count). The van der Waals surface area contributed by atoms with Crippen molar-refractivity contribution in [2.45, 2.75) is 26.2 Å². The number of rotatable bonds is 8. The lowest BCUT2D eigenvalue weighted by molar-refractivity contribution is 0.294. The highest BCUT2D eigenvalue weighted by Crippen LogP contribution is 2.28. The van der Waals surface area contributed by atoms with Gasteiger partial charge in [0.15, 0.2) is 5.96 Å². The third-order valence-corrected chi connectivity index (χ3v) is 9.56. The monoisotopic (exact) mass is 619 g/mol. The molecule has 0 fully saturated rings. The lowest BCUT2D eigenvalue weighted by Gasteiger charge is -2.35. The fraction of sp³-hybridized carbons (Fsp3) is 0.0889. The molecule has 48 heavy (non-hydrogen) atoms. The van der Waals surface area contributed by atoms with Crippen molar-refractivity contribution in [3.63, 3.8) is 0 Å². The van der Waals surface area contributed by atoms with Crippen molar-refractivity contribution in [3.8, 4) is 0 Å². The van der Waals surface area contributed by atoms with Crippen LogP contribution in [0, 0.1) is 5.41 Å². The molecule has 1 N–H and O–H groups in total. The number of guanidine groups is 1. The zero-order valence-electron chi connectivity index (χ0n) is 26.9. The molecule has 0 aromatic heterocycles. The molecule has 0 spiro atoms. The van der Waals surface area contributed by atoms with Crippen LogP contribution in [-0.2, 0) is 26.2 Å².